The first kappa shape index (κ1) is 22.2. The van der Waals surface area contributed by atoms with E-state index < -0.39 is 32.6 Å². The Balaban J connectivity index is 2.38. The monoisotopic (exact) mass is 479 g/mol. The normalized spacial score (nSPS) is 10.7. The van der Waals surface area contributed by atoms with E-state index in [1.807, 2.05) is 6.92 Å². The molecule has 0 aliphatic carbocycles. The molecule has 0 saturated carbocycles. The first-order valence-electron chi connectivity index (χ1n) is 8.50. The maximum absolute atomic E-state index is 11.3. The SMILES string of the molecule is CCNC(=O)CCCCCOc1ccc(I(OC(C)=O)OC(C)=O)cc1. The van der Waals surface area contributed by atoms with Crippen LogP contribution >= 0.6 is 20.6 Å². The molecule has 8 heteroatoms. The Bertz CT molecular complexity index is 574. The van der Waals surface area contributed by atoms with E-state index in [4.69, 9.17) is 10.9 Å². The minimum absolute atomic E-state index is 0.0869. The molecule has 1 rings (SSSR count). The average Bonchev–Trinajstić information content (AvgIpc) is 2.57. The summed E-state index contributed by atoms with van der Waals surface area (Å²) in [5.74, 6) is -0.156. The van der Waals surface area contributed by atoms with E-state index in [9.17, 15) is 14.4 Å². The van der Waals surface area contributed by atoms with Crippen molar-refractivity contribution in [1.82, 2.24) is 5.32 Å². The van der Waals surface area contributed by atoms with Crippen LogP contribution in [-0.4, -0.2) is 31.0 Å². The molecule has 0 aromatic heterocycles. The topological polar surface area (TPSA) is 90.9 Å². The second-order valence-electron chi connectivity index (χ2n) is 5.42. The van der Waals surface area contributed by atoms with Gasteiger partial charge in [0.25, 0.3) is 0 Å². The van der Waals surface area contributed by atoms with Crippen molar-refractivity contribution in [1.29, 1.82) is 0 Å². The van der Waals surface area contributed by atoms with Gasteiger partial charge < -0.3 is 0 Å². The van der Waals surface area contributed by atoms with Gasteiger partial charge >= 0.3 is 149 Å². The van der Waals surface area contributed by atoms with Crippen LogP contribution in [0.15, 0.2) is 24.3 Å². The van der Waals surface area contributed by atoms with Crippen LogP contribution < -0.4 is 10.1 Å². The molecule has 0 spiro atoms. The summed E-state index contributed by atoms with van der Waals surface area (Å²) in [4.78, 5) is 33.6. The van der Waals surface area contributed by atoms with Crippen LogP contribution in [0.4, 0.5) is 0 Å². The second-order valence-corrected chi connectivity index (χ2v) is 8.79. The molecule has 0 atom stereocenters. The summed E-state index contributed by atoms with van der Waals surface area (Å²) in [5.41, 5.74) is 0. The molecule has 146 valence electrons. The Kier molecular flexibility index (Phi) is 10.7. The summed E-state index contributed by atoms with van der Waals surface area (Å²) in [5, 5.41) is 2.77. The zero-order valence-electron chi connectivity index (χ0n) is 15.4. The second kappa shape index (κ2) is 12.5. The molecule has 0 aliphatic rings. The summed E-state index contributed by atoms with van der Waals surface area (Å²) in [7, 11) is 0. The van der Waals surface area contributed by atoms with E-state index in [2.05, 4.69) is 5.32 Å². The van der Waals surface area contributed by atoms with E-state index >= 15 is 0 Å². The molecular formula is C18H26INO6. The summed E-state index contributed by atoms with van der Waals surface area (Å²) in [6.45, 7) is 5.71. The van der Waals surface area contributed by atoms with Crippen molar-refractivity contribution in [3.63, 3.8) is 0 Å². The van der Waals surface area contributed by atoms with Gasteiger partial charge in [0.15, 0.2) is 0 Å². The van der Waals surface area contributed by atoms with Crippen LogP contribution in [0.25, 0.3) is 0 Å². The number of benzene rings is 1. The predicted molar refractivity (Wildman–Crippen MR) is 105 cm³/mol. The van der Waals surface area contributed by atoms with Crippen LogP contribution in [-0.2, 0) is 20.5 Å². The first-order valence-corrected chi connectivity index (χ1v) is 11.3. The number of unbranched alkanes of at least 4 members (excludes halogenated alkanes) is 2. The number of nitrogens with one attached hydrogen (secondary N) is 1. The summed E-state index contributed by atoms with van der Waals surface area (Å²) < 4.78 is 16.7. The molecule has 7 nitrogen and oxygen atoms in total. The van der Waals surface area contributed by atoms with Gasteiger partial charge in [-0.2, -0.15) is 0 Å². The quantitative estimate of drug-likeness (QED) is 0.387. The first-order chi connectivity index (χ1) is 12.4. The van der Waals surface area contributed by atoms with E-state index in [0.717, 1.165) is 19.3 Å². The zero-order chi connectivity index (χ0) is 19.4. The van der Waals surface area contributed by atoms with Gasteiger partial charge in [0.2, 0.25) is 0 Å². The zero-order valence-corrected chi connectivity index (χ0v) is 17.5. The van der Waals surface area contributed by atoms with Crippen molar-refractivity contribution < 1.29 is 25.3 Å². The number of hydrogen-bond donors (Lipinski definition) is 1. The molecule has 26 heavy (non-hydrogen) atoms. The molecule has 1 aromatic carbocycles. The van der Waals surface area contributed by atoms with E-state index in [1.54, 1.807) is 24.3 Å². The van der Waals surface area contributed by atoms with Crippen LogP contribution in [0.1, 0.15) is 46.5 Å². The van der Waals surface area contributed by atoms with Crippen LogP contribution in [0.2, 0.25) is 0 Å². The van der Waals surface area contributed by atoms with Crippen molar-refractivity contribution >= 4 is 38.5 Å². The Morgan fingerprint density at radius 2 is 1.58 bits per heavy atom. The molecule has 0 fully saturated rings. The fraction of sp³-hybridized carbons (Fsp3) is 0.500. The number of hydrogen-bond acceptors (Lipinski definition) is 6. The van der Waals surface area contributed by atoms with Gasteiger partial charge in [0.05, 0.1) is 0 Å². The predicted octanol–water partition coefficient (Wildman–Crippen LogP) is 3.39. The minimum atomic E-state index is -2.77. The van der Waals surface area contributed by atoms with Crippen molar-refractivity contribution in [3.8, 4) is 5.75 Å². The molecular weight excluding hydrogens is 453 g/mol. The van der Waals surface area contributed by atoms with Gasteiger partial charge in [-0.1, -0.05) is 0 Å². The summed E-state index contributed by atoms with van der Waals surface area (Å²) in [6.07, 6.45) is 3.17. The van der Waals surface area contributed by atoms with Crippen molar-refractivity contribution in [2.45, 2.75) is 46.5 Å². The molecule has 0 heterocycles. The Morgan fingerprint density at radius 3 is 2.12 bits per heavy atom. The third kappa shape index (κ3) is 9.59. The van der Waals surface area contributed by atoms with Crippen LogP contribution in [0, 0.1) is 3.57 Å². The number of halogens is 1. The molecule has 1 aromatic rings. The Labute approximate surface area is 162 Å². The van der Waals surface area contributed by atoms with Gasteiger partial charge in [-0.25, -0.2) is 0 Å². The van der Waals surface area contributed by atoms with Gasteiger partial charge in [-0.3, -0.25) is 0 Å². The third-order valence-corrected chi connectivity index (χ3v) is 6.82. The molecule has 0 saturated heterocycles. The van der Waals surface area contributed by atoms with Gasteiger partial charge in [-0.05, 0) is 6.92 Å². The molecule has 1 N–H and O–H groups in total. The number of carbonyl (C=O) groups excluding carboxylic acids is 3. The van der Waals surface area contributed by atoms with Crippen molar-refractivity contribution in [3.05, 3.63) is 27.8 Å². The number of carbonyl (C=O) groups is 3. The molecule has 0 bridgehead atoms. The van der Waals surface area contributed by atoms with Crippen molar-refractivity contribution in [2.75, 3.05) is 13.2 Å². The molecule has 0 aliphatic heterocycles. The van der Waals surface area contributed by atoms with Gasteiger partial charge in [0.1, 0.15) is 0 Å². The maximum atomic E-state index is 11.3. The van der Waals surface area contributed by atoms with Gasteiger partial charge in [-0.15, -0.1) is 0 Å². The van der Waals surface area contributed by atoms with Crippen LogP contribution in [0.3, 0.4) is 0 Å². The van der Waals surface area contributed by atoms with Gasteiger partial charge in [0, 0.05) is 6.54 Å². The van der Waals surface area contributed by atoms with E-state index in [0.29, 0.717) is 28.9 Å². The fourth-order valence-corrected chi connectivity index (χ4v) is 4.65. The van der Waals surface area contributed by atoms with E-state index in [-0.39, 0.29) is 5.91 Å². The summed E-state index contributed by atoms with van der Waals surface area (Å²) >= 11 is -2.77. The standard InChI is InChI=1S/C18H26INO6/c1-4-20-18(23)8-6-5-7-13-24-17-11-9-16(10-12-17)19(25-14(2)21)26-15(3)22/h9-12H,4-8,13H2,1-3H3,(H,20,23). The summed E-state index contributed by atoms with van der Waals surface area (Å²) in [6, 6.07) is 7.03. The van der Waals surface area contributed by atoms with Crippen LogP contribution in [0.5, 0.6) is 5.75 Å². The Hall–Kier alpha value is -1.84. The average molecular weight is 479 g/mol. The Morgan fingerprint density at radius 1 is 0.962 bits per heavy atom. The fourth-order valence-electron chi connectivity index (χ4n) is 1.98. The van der Waals surface area contributed by atoms with E-state index in [1.165, 1.54) is 13.8 Å². The third-order valence-electron chi connectivity index (χ3n) is 3.04. The number of ether oxygens (including phenoxy) is 1. The molecule has 0 unspecified atom stereocenters. The number of amides is 1. The molecule has 0 radical (unpaired) electrons. The van der Waals surface area contributed by atoms with Crippen molar-refractivity contribution in [2.24, 2.45) is 0 Å². The number of rotatable bonds is 11. The molecule has 1 amide bonds.